The number of fused-ring (bicyclic) bond motifs is 3. The topological polar surface area (TPSA) is 74.1 Å². The van der Waals surface area contributed by atoms with E-state index < -0.39 is 11.3 Å². The van der Waals surface area contributed by atoms with Gasteiger partial charge in [-0.15, -0.1) is 0 Å². The van der Waals surface area contributed by atoms with E-state index in [-0.39, 0.29) is 11.8 Å². The molecule has 2 amide bonds. The quantitative estimate of drug-likeness (QED) is 0.501. The number of nitrogens with one attached hydrogen (secondary N) is 1. The van der Waals surface area contributed by atoms with Crippen LogP contribution in [0.5, 0.6) is 0 Å². The maximum absolute atomic E-state index is 13.6. The number of aliphatic imine (C=N–C) groups is 2. The highest BCUT2D eigenvalue weighted by Crippen LogP contribution is 2.39. The van der Waals surface area contributed by atoms with Crippen LogP contribution in [0.1, 0.15) is 41.6 Å². The zero-order valence-corrected chi connectivity index (χ0v) is 20.7. The summed E-state index contributed by atoms with van der Waals surface area (Å²) in [4.78, 5) is 38.1. The molecule has 1 N–H and O–H groups in total. The molecule has 2 aliphatic heterocycles. The average molecular weight is 483 g/mol. The van der Waals surface area contributed by atoms with Crippen LogP contribution in [0.3, 0.4) is 0 Å². The molecule has 2 aliphatic rings. The number of nitrogens with zero attached hydrogens (tertiary/aromatic N) is 3. The SMILES string of the molecule is CCC(SC1=Nc2ccccc2C2=NC(c3ccccc3)C(=O)N12)C(=O)Nc1c(C)cccc1C. The van der Waals surface area contributed by atoms with Gasteiger partial charge in [-0.1, -0.05) is 79.3 Å². The van der Waals surface area contributed by atoms with Gasteiger partial charge in [0.2, 0.25) is 5.91 Å². The Morgan fingerprint density at radius 3 is 2.40 bits per heavy atom. The molecule has 35 heavy (non-hydrogen) atoms. The number of thioether (sulfide) groups is 1. The summed E-state index contributed by atoms with van der Waals surface area (Å²) in [5.74, 6) is 0.320. The highest BCUT2D eigenvalue weighted by molar-refractivity contribution is 8.15. The maximum atomic E-state index is 13.6. The van der Waals surface area contributed by atoms with Crippen molar-refractivity contribution in [3.05, 3.63) is 95.1 Å². The molecule has 0 saturated carbocycles. The van der Waals surface area contributed by atoms with Crippen molar-refractivity contribution in [2.45, 2.75) is 38.5 Å². The Morgan fingerprint density at radius 1 is 1.00 bits per heavy atom. The van der Waals surface area contributed by atoms with E-state index in [4.69, 9.17) is 9.98 Å². The predicted octanol–water partition coefficient (Wildman–Crippen LogP) is 5.79. The number of para-hydroxylation sites is 2. The molecule has 2 atom stereocenters. The number of amidine groups is 2. The van der Waals surface area contributed by atoms with Crippen LogP contribution in [0.4, 0.5) is 11.4 Å². The van der Waals surface area contributed by atoms with Crippen LogP contribution in [0.2, 0.25) is 0 Å². The Labute approximate surface area is 209 Å². The molecule has 2 heterocycles. The van der Waals surface area contributed by atoms with Gasteiger partial charge in [-0.25, -0.2) is 14.9 Å². The number of benzene rings is 3. The van der Waals surface area contributed by atoms with Crippen LogP contribution in [0.15, 0.2) is 82.8 Å². The molecule has 7 heteroatoms. The molecule has 3 aromatic rings. The summed E-state index contributed by atoms with van der Waals surface area (Å²) in [6.45, 7) is 5.93. The summed E-state index contributed by atoms with van der Waals surface area (Å²) >= 11 is 1.31. The van der Waals surface area contributed by atoms with Gasteiger partial charge in [0.15, 0.2) is 11.2 Å². The van der Waals surface area contributed by atoms with E-state index in [0.717, 1.165) is 33.6 Å². The summed E-state index contributed by atoms with van der Waals surface area (Å²) < 4.78 is 0. The number of rotatable bonds is 5. The van der Waals surface area contributed by atoms with Crippen LogP contribution in [-0.2, 0) is 9.59 Å². The Bertz CT molecular complexity index is 1350. The molecule has 0 radical (unpaired) electrons. The normalized spacial score (nSPS) is 17.3. The van der Waals surface area contributed by atoms with Gasteiger partial charge in [0.1, 0.15) is 5.84 Å². The molecular formula is C28H26N4O2S. The van der Waals surface area contributed by atoms with E-state index in [1.54, 1.807) is 4.90 Å². The van der Waals surface area contributed by atoms with Crippen LogP contribution >= 0.6 is 11.8 Å². The third-order valence-electron chi connectivity index (χ3n) is 6.23. The summed E-state index contributed by atoms with van der Waals surface area (Å²) in [6.07, 6.45) is 0.582. The van der Waals surface area contributed by atoms with Crippen molar-refractivity contribution in [3.63, 3.8) is 0 Å². The van der Waals surface area contributed by atoms with E-state index in [1.165, 1.54) is 11.8 Å². The number of anilines is 1. The molecule has 6 nitrogen and oxygen atoms in total. The van der Waals surface area contributed by atoms with Crippen molar-refractivity contribution in [3.8, 4) is 0 Å². The molecule has 0 aliphatic carbocycles. The van der Waals surface area contributed by atoms with Gasteiger partial charge in [0.25, 0.3) is 5.91 Å². The zero-order valence-electron chi connectivity index (χ0n) is 19.9. The number of amides is 2. The number of carbonyl (C=O) groups excluding carboxylic acids is 2. The lowest BCUT2D eigenvalue weighted by molar-refractivity contribution is -0.124. The van der Waals surface area contributed by atoms with Gasteiger partial charge in [0.05, 0.1) is 10.9 Å². The van der Waals surface area contributed by atoms with Crippen molar-refractivity contribution in [2.75, 3.05) is 5.32 Å². The first kappa shape index (κ1) is 23.1. The third-order valence-corrected chi connectivity index (χ3v) is 7.54. The van der Waals surface area contributed by atoms with E-state index in [1.807, 2.05) is 93.6 Å². The van der Waals surface area contributed by atoms with Gasteiger partial charge >= 0.3 is 0 Å². The lowest BCUT2D eigenvalue weighted by atomic mass is 10.1. The van der Waals surface area contributed by atoms with Crippen LogP contribution in [0.25, 0.3) is 0 Å². The molecule has 0 spiro atoms. The molecule has 176 valence electrons. The smallest absolute Gasteiger partial charge is 0.263 e. The first-order valence-corrected chi connectivity index (χ1v) is 12.5. The molecule has 2 unspecified atom stereocenters. The summed E-state index contributed by atoms with van der Waals surface area (Å²) in [5, 5.41) is 3.15. The van der Waals surface area contributed by atoms with Crippen molar-refractivity contribution in [2.24, 2.45) is 9.98 Å². The van der Waals surface area contributed by atoms with E-state index in [2.05, 4.69) is 5.32 Å². The minimum Gasteiger partial charge on any atom is -0.325 e. The van der Waals surface area contributed by atoms with Crippen LogP contribution in [0, 0.1) is 13.8 Å². The Kier molecular flexibility index (Phi) is 6.26. The maximum Gasteiger partial charge on any atom is 0.263 e. The zero-order chi connectivity index (χ0) is 24.5. The fraction of sp³-hybridized carbons (Fsp3) is 0.214. The lowest BCUT2D eigenvalue weighted by Crippen LogP contribution is -2.41. The van der Waals surface area contributed by atoms with Gasteiger partial charge in [-0.05, 0) is 49.1 Å². The fourth-order valence-electron chi connectivity index (χ4n) is 4.35. The highest BCUT2D eigenvalue weighted by atomic mass is 32.2. The second-order valence-electron chi connectivity index (χ2n) is 8.62. The summed E-state index contributed by atoms with van der Waals surface area (Å²) in [7, 11) is 0. The van der Waals surface area contributed by atoms with Crippen LogP contribution in [-0.4, -0.2) is 33.0 Å². The average Bonchev–Trinajstić information content (AvgIpc) is 3.23. The molecule has 3 aromatic carbocycles. The molecule has 0 saturated heterocycles. The third kappa shape index (κ3) is 4.28. The van der Waals surface area contributed by atoms with Crippen LogP contribution < -0.4 is 5.32 Å². The summed E-state index contributed by atoms with van der Waals surface area (Å²) in [5.41, 5.74) is 5.25. The standard InChI is InChI=1S/C28H26N4O2S/c1-4-22(26(33)31-23-17(2)11-10-12-18(23)3)35-28-29-21-16-9-8-15-20(21)25-30-24(27(34)32(25)28)19-13-6-5-7-14-19/h5-16,22,24H,4H2,1-3H3,(H,31,33). The lowest BCUT2D eigenvalue weighted by Gasteiger charge is -2.27. The van der Waals surface area contributed by atoms with E-state index in [0.29, 0.717) is 17.4 Å². The second-order valence-corrected chi connectivity index (χ2v) is 9.79. The summed E-state index contributed by atoms with van der Waals surface area (Å²) in [6, 6.07) is 22.5. The van der Waals surface area contributed by atoms with Crippen molar-refractivity contribution in [1.82, 2.24) is 4.90 Å². The van der Waals surface area contributed by atoms with E-state index >= 15 is 0 Å². The Balaban J connectivity index is 1.47. The largest absolute Gasteiger partial charge is 0.325 e. The van der Waals surface area contributed by atoms with Gasteiger partial charge in [-0.3, -0.25) is 9.59 Å². The van der Waals surface area contributed by atoms with Crippen molar-refractivity contribution in [1.29, 1.82) is 0 Å². The first-order valence-electron chi connectivity index (χ1n) is 11.7. The molecular weight excluding hydrogens is 456 g/mol. The number of aryl methyl sites for hydroxylation is 2. The van der Waals surface area contributed by atoms with Gasteiger partial charge in [-0.2, -0.15) is 0 Å². The Morgan fingerprint density at radius 2 is 1.69 bits per heavy atom. The van der Waals surface area contributed by atoms with Gasteiger partial charge < -0.3 is 5.32 Å². The predicted molar refractivity (Wildman–Crippen MR) is 142 cm³/mol. The molecule has 5 rings (SSSR count). The molecule has 0 fully saturated rings. The first-order chi connectivity index (χ1) is 17.0. The minimum absolute atomic E-state index is 0.110. The number of hydrogen-bond donors (Lipinski definition) is 1. The number of carbonyl (C=O) groups is 2. The van der Waals surface area contributed by atoms with E-state index in [9.17, 15) is 9.59 Å². The molecule has 0 aromatic heterocycles. The van der Waals surface area contributed by atoms with Crippen molar-refractivity contribution < 1.29 is 9.59 Å². The Hall–Kier alpha value is -3.71. The molecule has 0 bridgehead atoms. The second kappa shape index (κ2) is 9.50. The fourth-order valence-corrected chi connectivity index (χ4v) is 5.37. The minimum atomic E-state index is -0.633. The number of hydrogen-bond acceptors (Lipinski definition) is 5. The van der Waals surface area contributed by atoms with Crippen molar-refractivity contribution >= 4 is 46.0 Å². The highest BCUT2D eigenvalue weighted by Gasteiger charge is 2.43. The van der Waals surface area contributed by atoms with Gasteiger partial charge in [0, 0.05) is 11.3 Å². The monoisotopic (exact) mass is 482 g/mol.